The van der Waals surface area contributed by atoms with Crippen molar-refractivity contribution in [3.63, 3.8) is 0 Å². The minimum Gasteiger partial charge on any atom is -0.361 e. The van der Waals surface area contributed by atoms with E-state index in [0.29, 0.717) is 19.0 Å². The van der Waals surface area contributed by atoms with Crippen LogP contribution in [0, 0.1) is 0 Å². The molecule has 1 aromatic heterocycles. The number of likely N-dealkylation sites (N-methyl/N-ethyl adjacent to an activating group) is 1. The molecule has 156 valence electrons. The van der Waals surface area contributed by atoms with Crippen LogP contribution in [-0.2, 0) is 17.6 Å². The van der Waals surface area contributed by atoms with Gasteiger partial charge in [-0.2, -0.15) is 0 Å². The van der Waals surface area contributed by atoms with E-state index in [0.717, 1.165) is 43.3 Å². The zero-order chi connectivity index (χ0) is 20.8. The maximum atomic E-state index is 11.9. The van der Waals surface area contributed by atoms with Gasteiger partial charge in [-0.3, -0.25) is 4.79 Å². The van der Waals surface area contributed by atoms with E-state index in [1.165, 1.54) is 22.1 Å². The van der Waals surface area contributed by atoms with E-state index in [1.807, 2.05) is 13.0 Å². The summed E-state index contributed by atoms with van der Waals surface area (Å²) >= 11 is 0. The molecule has 4 rings (SSSR count). The van der Waals surface area contributed by atoms with Crippen molar-refractivity contribution in [3.05, 3.63) is 77.5 Å². The number of hydrogen-bond donors (Lipinski definition) is 3. The fourth-order valence-corrected chi connectivity index (χ4v) is 4.32. The topological polar surface area (TPSA) is 56.9 Å². The van der Waals surface area contributed by atoms with Gasteiger partial charge in [0.15, 0.2) is 0 Å². The molecule has 4 nitrogen and oxygen atoms in total. The van der Waals surface area contributed by atoms with Gasteiger partial charge in [0.1, 0.15) is 0 Å². The third-order valence-corrected chi connectivity index (χ3v) is 5.93. The summed E-state index contributed by atoms with van der Waals surface area (Å²) in [4.78, 5) is 15.3. The Morgan fingerprint density at radius 2 is 2.00 bits per heavy atom. The van der Waals surface area contributed by atoms with Crippen molar-refractivity contribution < 1.29 is 4.79 Å². The molecule has 0 aliphatic heterocycles. The molecule has 0 bridgehead atoms. The summed E-state index contributed by atoms with van der Waals surface area (Å²) in [5, 5.41) is 7.82. The number of benzene rings is 2. The van der Waals surface area contributed by atoms with Crippen LogP contribution in [0.3, 0.4) is 0 Å². The van der Waals surface area contributed by atoms with Gasteiger partial charge in [-0.25, -0.2) is 0 Å². The molecule has 2 aromatic carbocycles. The molecule has 1 amide bonds. The zero-order valence-electron chi connectivity index (χ0n) is 17.7. The molecular weight excluding hydrogens is 370 g/mol. The molecule has 0 fully saturated rings. The average molecular weight is 402 g/mol. The molecule has 30 heavy (non-hydrogen) atoms. The summed E-state index contributed by atoms with van der Waals surface area (Å²) in [5.74, 6) is 0.0789. The van der Waals surface area contributed by atoms with Crippen LogP contribution in [0.2, 0.25) is 0 Å². The summed E-state index contributed by atoms with van der Waals surface area (Å²) in [6.45, 7) is 3.64. The fourth-order valence-electron chi connectivity index (χ4n) is 4.32. The highest BCUT2D eigenvalue weighted by molar-refractivity contribution is 5.93. The van der Waals surface area contributed by atoms with Crippen LogP contribution >= 0.6 is 0 Å². The summed E-state index contributed by atoms with van der Waals surface area (Å²) in [6, 6.07) is 17.5. The van der Waals surface area contributed by atoms with Gasteiger partial charge in [0.05, 0.1) is 6.42 Å². The third kappa shape index (κ3) is 5.00. The number of carbonyl (C=O) groups is 1. The second kappa shape index (κ2) is 9.77. The normalized spacial score (nSPS) is 16.4. The standard InChI is InChI=1S/C26H31N3O/c1-2-27-26(30)17-20-8-13-25-23(16-20)24(18-29-25)21-9-11-22(12-10-21)28-15-14-19-6-4-3-5-7-19/h3-9,13,16,18,22,28-29H,2,10-12,14-15,17H2,1H3,(H,27,30). The van der Waals surface area contributed by atoms with Crippen molar-refractivity contribution in [1.82, 2.24) is 15.6 Å². The van der Waals surface area contributed by atoms with Crippen LogP contribution in [-0.4, -0.2) is 30.0 Å². The quantitative estimate of drug-likeness (QED) is 0.516. The number of amides is 1. The van der Waals surface area contributed by atoms with Crippen LogP contribution in [0.15, 0.2) is 60.8 Å². The third-order valence-electron chi connectivity index (χ3n) is 5.93. The van der Waals surface area contributed by atoms with E-state index in [-0.39, 0.29) is 5.91 Å². The summed E-state index contributed by atoms with van der Waals surface area (Å²) < 4.78 is 0. The predicted molar refractivity (Wildman–Crippen MR) is 124 cm³/mol. The predicted octanol–water partition coefficient (Wildman–Crippen LogP) is 4.61. The number of H-pyrrole nitrogens is 1. The number of allylic oxidation sites excluding steroid dienone is 1. The highest BCUT2D eigenvalue weighted by atomic mass is 16.1. The molecule has 0 spiro atoms. The number of hydrogen-bond acceptors (Lipinski definition) is 2. The monoisotopic (exact) mass is 401 g/mol. The number of aromatic nitrogens is 1. The maximum Gasteiger partial charge on any atom is 0.224 e. The zero-order valence-corrected chi connectivity index (χ0v) is 17.7. The first-order valence-corrected chi connectivity index (χ1v) is 11.1. The molecule has 0 radical (unpaired) electrons. The molecule has 4 heteroatoms. The summed E-state index contributed by atoms with van der Waals surface area (Å²) in [6.07, 6.45) is 9.32. The first-order valence-electron chi connectivity index (χ1n) is 11.1. The Hall–Kier alpha value is -2.85. The number of aromatic amines is 1. The van der Waals surface area contributed by atoms with Gasteiger partial charge in [-0.15, -0.1) is 0 Å². The lowest BCUT2D eigenvalue weighted by Gasteiger charge is -2.23. The highest BCUT2D eigenvalue weighted by Crippen LogP contribution is 2.32. The molecule has 1 heterocycles. The Balaban J connectivity index is 1.38. The van der Waals surface area contributed by atoms with E-state index in [4.69, 9.17) is 0 Å². The van der Waals surface area contributed by atoms with Gasteiger partial charge in [-0.1, -0.05) is 42.5 Å². The van der Waals surface area contributed by atoms with E-state index in [2.05, 4.69) is 70.4 Å². The van der Waals surface area contributed by atoms with Crippen molar-refractivity contribution in [3.8, 4) is 0 Å². The fraction of sp³-hybridized carbons (Fsp3) is 0.346. The van der Waals surface area contributed by atoms with E-state index in [9.17, 15) is 4.79 Å². The lowest BCUT2D eigenvalue weighted by Crippen LogP contribution is -2.31. The Morgan fingerprint density at radius 1 is 1.13 bits per heavy atom. The van der Waals surface area contributed by atoms with Gasteiger partial charge in [0.2, 0.25) is 5.91 Å². The first kappa shape index (κ1) is 20.4. The van der Waals surface area contributed by atoms with Gasteiger partial charge in [0.25, 0.3) is 0 Å². The Kier molecular flexibility index (Phi) is 6.65. The summed E-state index contributed by atoms with van der Waals surface area (Å²) in [7, 11) is 0. The van der Waals surface area contributed by atoms with Crippen LogP contribution in [0.4, 0.5) is 0 Å². The second-order valence-electron chi connectivity index (χ2n) is 8.10. The second-order valence-corrected chi connectivity index (χ2v) is 8.10. The minimum atomic E-state index is 0.0789. The van der Waals surface area contributed by atoms with E-state index >= 15 is 0 Å². The lowest BCUT2D eigenvalue weighted by molar-refractivity contribution is -0.120. The van der Waals surface area contributed by atoms with Crippen LogP contribution < -0.4 is 10.6 Å². The van der Waals surface area contributed by atoms with Crippen molar-refractivity contribution in [2.24, 2.45) is 0 Å². The van der Waals surface area contributed by atoms with Crippen molar-refractivity contribution in [1.29, 1.82) is 0 Å². The number of rotatable bonds is 8. The van der Waals surface area contributed by atoms with Crippen molar-refractivity contribution in [2.75, 3.05) is 13.1 Å². The van der Waals surface area contributed by atoms with Crippen LogP contribution in [0.1, 0.15) is 42.9 Å². The molecule has 1 aliphatic carbocycles. The molecule has 1 atom stereocenters. The average Bonchev–Trinajstić information content (AvgIpc) is 3.18. The van der Waals surface area contributed by atoms with Crippen LogP contribution in [0.5, 0.6) is 0 Å². The van der Waals surface area contributed by atoms with Gasteiger partial charge in [0, 0.05) is 35.2 Å². The van der Waals surface area contributed by atoms with E-state index < -0.39 is 0 Å². The van der Waals surface area contributed by atoms with E-state index in [1.54, 1.807) is 0 Å². The minimum absolute atomic E-state index is 0.0789. The molecule has 3 N–H and O–H groups in total. The molecule has 0 saturated carbocycles. The highest BCUT2D eigenvalue weighted by Gasteiger charge is 2.17. The Bertz CT molecular complexity index is 1020. The van der Waals surface area contributed by atoms with Gasteiger partial charge < -0.3 is 15.6 Å². The lowest BCUT2D eigenvalue weighted by atomic mass is 9.90. The molecular formula is C26H31N3O. The Morgan fingerprint density at radius 3 is 2.77 bits per heavy atom. The maximum absolute atomic E-state index is 11.9. The number of carbonyl (C=O) groups excluding carboxylic acids is 1. The van der Waals surface area contributed by atoms with Gasteiger partial charge in [-0.05, 0) is 68.0 Å². The summed E-state index contributed by atoms with van der Waals surface area (Å²) in [5.41, 5.74) is 6.28. The SMILES string of the molecule is CCNC(=O)Cc1ccc2[nH]cc(C3=CCC(NCCc4ccccc4)CC3)c2c1. The van der Waals surface area contributed by atoms with Crippen molar-refractivity contribution in [2.45, 2.75) is 45.1 Å². The molecule has 3 aromatic rings. The first-order chi connectivity index (χ1) is 14.7. The largest absolute Gasteiger partial charge is 0.361 e. The van der Waals surface area contributed by atoms with Crippen LogP contribution in [0.25, 0.3) is 16.5 Å². The smallest absolute Gasteiger partial charge is 0.224 e. The number of fused-ring (bicyclic) bond motifs is 1. The van der Waals surface area contributed by atoms with Gasteiger partial charge >= 0.3 is 0 Å². The number of nitrogens with one attached hydrogen (secondary N) is 3. The molecule has 1 unspecified atom stereocenters. The van der Waals surface area contributed by atoms with Crippen molar-refractivity contribution >= 4 is 22.4 Å². The Labute approximate surface area is 178 Å². The molecule has 0 saturated heterocycles. The molecule has 1 aliphatic rings.